The number of likely N-dealkylation sites (N-methyl/N-ethyl adjacent to an activating group) is 1. The Labute approximate surface area is 149 Å². The predicted molar refractivity (Wildman–Crippen MR) is 98.4 cm³/mol. The van der Waals surface area contributed by atoms with E-state index in [9.17, 15) is 4.79 Å². The number of H-pyrrole nitrogens is 1. The fraction of sp³-hybridized carbons (Fsp3) is 0.500. The van der Waals surface area contributed by atoms with Crippen LogP contribution in [0.2, 0.25) is 0 Å². The minimum absolute atomic E-state index is 0.0916. The summed E-state index contributed by atoms with van der Waals surface area (Å²) in [5.41, 5.74) is 3.79. The van der Waals surface area contributed by atoms with Gasteiger partial charge >= 0.3 is 0 Å². The molecule has 3 aliphatic heterocycles. The molecule has 1 amide bonds. The first-order valence-corrected chi connectivity index (χ1v) is 9.28. The van der Waals surface area contributed by atoms with Crippen LogP contribution in [0.5, 0.6) is 0 Å². The smallest absolute Gasteiger partial charge is 0.272 e. The number of carbonyl (C=O) groups excluding carboxylic acids is 1. The van der Waals surface area contributed by atoms with Crippen LogP contribution in [0.1, 0.15) is 35.8 Å². The average Bonchev–Trinajstić information content (AvgIpc) is 2.98. The third-order valence-electron chi connectivity index (χ3n) is 5.62. The van der Waals surface area contributed by atoms with E-state index in [2.05, 4.69) is 58.2 Å². The number of carbonyl (C=O) groups is 1. The average molecular weight is 338 g/mol. The van der Waals surface area contributed by atoms with Crippen molar-refractivity contribution in [3.05, 3.63) is 41.6 Å². The number of benzene rings is 1. The number of hydrogen-bond donors (Lipinski definition) is 1. The van der Waals surface area contributed by atoms with E-state index in [0.717, 1.165) is 43.7 Å². The van der Waals surface area contributed by atoms with E-state index >= 15 is 0 Å². The van der Waals surface area contributed by atoms with Crippen molar-refractivity contribution in [3.8, 4) is 11.3 Å². The molecule has 5 nitrogen and oxygen atoms in total. The van der Waals surface area contributed by atoms with Crippen LogP contribution < -0.4 is 0 Å². The molecule has 0 spiro atoms. The summed E-state index contributed by atoms with van der Waals surface area (Å²) >= 11 is 0. The Morgan fingerprint density at radius 2 is 2.00 bits per heavy atom. The van der Waals surface area contributed by atoms with Gasteiger partial charge in [-0.3, -0.25) is 9.89 Å². The summed E-state index contributed by atoms with van der Waals surface area (Å²) in [5.74, 6) is 0.686. The van der Waals surface area contributed by atoms with E-state index in [1.807, 2.05) is 6.07 Å². The maximum Gasteiger partial charge on any atom is 0.272 e. The van der Waals surface area contributed by atoms with Crippen LogP contribution in [0.3, 0.4) is 0 Å². The number of amides is 1. The molecule has 5 heteroatoms. The molecule has 1 N–H and O–H groups in total. The highest BCUT2D eigenvalue weighted by Gasteiger charge is 2.36. The number of aromatic amines is 1. The number of rotatable bonds is 3. The number of aromatic nitrogens is 2. The molecule has 3 saturated heterocycles. The lowest BCUT2D eigenvalue weighted by molar-refractivity contribution is 0.0581. The van der Waals surface area contributed by atoms with Crippen molar-refractivity contribution in [2.24, 2.45) is 5.92 Å². The monoisotopic (exact) mass is 338 g/mol. The van der Waals surface area contributed by atoms with Crippen LogP contribution in [0, 0.1) is 5.92 Å². The number of fused-ring (bicyclic) bond motifs is 4. The van der Waals surface area contributed by atoms with Gasteiger partial charge in [0.2, 0.25) is 0 Å². The minimum Gasteiger partial charge on any atom is -0.333 e. The van der Waals surface area contributed by atoms with Gasteiger partial charge < -0.3 is 9.80 Å². The molecule has 0 radical (unpaired) electrons. The molecule has 0 aliphatic carbocycles. The van der Waals surface area contributed by atoms with E-state index in [1.54, 1.807) is 0 Å². The van der Waals surface area contributed by atoms with Gasteiger partial charge in [-0.2, -0.15) is 5.10 Å². The van der Waals surface area contributed by atoms with Crippen LogP contribution in [-0.2, 0) is 6.42 Å². The van der Waals surface area contributed by atoms with Crippen molar-refractivity contribution in [2.75, 3.05) is 26.7 Å². The van der Waals surface area contributed by atoms with E-state index in [-0.39, 0.29) is 5.91 Å². The zero-order chi connectivity index (χ0) is 17.4. The van der Waals surface area contributed by atoms with Crippen molar-refractivity contribution >= 4 is 5.91 Å². The lowest BCUT2D eigenvalue weighted by Gasteiger charge is -2.35. The Kier molecular flexibility index (Phi) is 4.34. The lowest BCUT2D eigenvalue weighted by atomic mass is 9.94. The summed E-state index contributed by atoms with van der Waals surface area (Å²) in [6.45, 7) is 5.08. The van der Waals surface area contributed by atoms with E-state index < -0.39 is 0 Å². The van der Waals surface area contributed by atoms with Crippen LogP contribution in [0.4, 0.5) is 0 Å². The number of aryl methyl sites for hydroxylation is 1. The minimum atomic E-state index is 0.0916. The quantitative estimate of drug-likeness (QED) is 0.936. The zero-order valence-electron chi connectivity index (χ0n) is 15.0. The molecule has 0 saturated carbocycles. The van der Waals surface area contributed by atoms with Crippen LogP contribution >= 0.6 is 0 Å². The summed E-state index contributed by atoms with van der Waals surface area (Å²) < 4.78 is 0. The van der Waals surface area contributed by atoms with Crippen LogP contribution in [0.15, 0.2) is 30.3 Å². The molecule has 25 heavy (non-hydrogen) atoms. The maximum atomic E-state index is 13.0. The van der Waals surface area contributed by atoms with Crippen molar-refractivity contribution in [1.29, 1.82) is 0 Å². The Balaban J connectivity index is 1.54. The fourth-order valence-corrected chi connectivity index (χ4v) is 4.21. The molecular weight excluding hydrogens is 312 g/mol. The Morgan fingerprint density at radius 3 is 2.76 bits per heavy atom. The number of nitrogens with one attached hydrogen (secondary N) is 1. The van der Waals surface area contributed by atoms with Crippen molar-refractivity contribution in [3.63, 3.8) is 0 Å². The first kappa shape index (κ1) is 16.3. The second-order valence-electron chi connectivity index (χ2n) is 7.49. The van der Waals surface area contributed by atoms with Gasteiger partial charge in [0.25, 0.3) is 5.91 Å². The second kappa shape index (κ2) is 6.64. The Hall–Kier alpha value is -2.14. The standard InChI is InChI=1S/C20H26N4O/c1-3-14-4-7-16(8-5-14)18-10-19(22-21-18)20(25)24-12-15-6-9-17(24)13-23(2)11-15/h4-5,7-8,10,15,17H,3,6,9,11-13H2,1-2H3,(H,21,22). The maximum absolute atomic E-state index is 13.0. The van der Waals surface area contributed by atoms with Gasteiger partial charge in [0.05, 0.1) is 5.69 Å². The molecule has 5 rings (SSSR count). The van der Waals surface area contributed by atoms with Crippen molar-refractivity contribution in [2.45, 2.75) is 32.2 Å². The number of nitrogens with zero attached hydrogens (tertiary/aromatic N) is 3. The van der Waals surface area contributed by atoms with E-state index in [0.29, 0.717) is 17.7 Å². The highest BCUT2D eigenvalue weighted by molar-refractivity contribution is 5.93. The molecule has 4 heterocycles. The largest absolute Gasteiger partial charge is 0.333 e. The normalized spacial score (nSPS) is 23.7. The SMILES string of the molecule is CCc1ccc(-c2cc(C(=O)N3CC4CCC3CN(C)C4)[nH]n2)cc1. The van der Waals surface area contributed by atoms with Gasteiger partial charge in [0.1, 0.15) is 5.69 Å². The summed E-state index contributed by atoms with van der Waals surface area (Å²) in [6.07, 6.45) is 3.37. The fourth-order valence-electron chi connectivity index (χ4n) is 4.21. The molecule has 2 atom stereocenters. The highest BCUT2D eigenvalue weighted by atomic mass is 16.2. The summed E-state index contributed by atoms with van der Waals surface area (Å²) in [6, 6.07) is 10.6. The third kappa shape index (κ3) is 3.21. The molecule has 3 aliphatic rings. The third-order valence-corrected chi connectivity index (χ3v) is 5.62. The summed E-state index contributed by atoms with van der Waals surface area (Å²) in [7, 11) is 2.16. The summed E-state index contributed by atoms with van der Waals surface area (Å²) in [5, 5.41) is 7.34. The number of hydrogen-bond acceptors (Lipinski definition) is 3. The first-order chi connectivity index (χ1) is 12.1. The second-order valence-corrected chi connectivity index (χ2v) is 7.49. The first-order valence-electron chi connectivity index (χ1n) is 9.28. The van der Waals surface area contributed by atoms with Gasteiger partial charge in [0.15, 0.2) is 0 Å². The number of piperidine rings is 1. The Bertz CT molecular complexity index is 751. The van der Waals surface area contributed by atoms with Gasteiger partial charge in [-0.15, -0.1) is 0 Å². The van der Waals surface area contributed by atoms with Gasteiger partial charge in [-0.05, 0) is 43.9 Å². The van der Waals surface area contributed by atoms with Crippen molar-refractivity contribution in [1.82, 2.24) is 20.0 Å². The molecule has 3 fully saturated rings. The molecule has 2 bridgehead atoms. The summed E-state index contributed by atoms with van der Waals surface area (Å²) in [4.78, 5) is 17.5. The van der Waals surface area contributed by atoms with Crippen LogP contribution in [-0.4, -0.2) is 58.6 Å². The van der Waals surface area contributed by atoms with E-state index in [4.69, 9.17) is 0 Å². The van der Waals surface area contributed by atoms with E-state index in [1.165, 1.54) is 12.0 Å². The van der Waals surface area contributed by atoms with Gasteiger partial charge in [-0.1, -0.05) is 31.2 Å². The predicted octanol–water partition coefficient (Wildman–Crippen LogP) is 2.81. The van der Waals surface area contributed by atoms with Crippen molar-refractivity contribution < 1.29 is 4.79 Å². The molecular formula is C20H26N4O. The Morgan fingerprint density at radius 1 is 1.20 bits per heavy atom. The molecule has 1 aromatic heterocycles. The lowest BCUT2D eigenvalue weighted by Crippen LogP contribution is -2.47. The molecule has 2 unspecified atom stereocenters. The highest BCUT2D eigenvalue weighted by Crippen LogP contribution is 2.29. The molecule has 132 valence electrons. The van der Waals surface area contributed by atoms with Gasteiger partial charge in [0, 0.05) is 31.2 Å². The van der Waals surface area contributed by atoms with Gasteiger partial charge in [-0.25, -0.2) is 0 Å². The molecule has 2 aromatic rings. The molecule has 1 aromatic carbocycles. The topological polar surface area (TPSA) is 52.2 Å². The van der Waals surface area contributed by atoms with Crippen LogP contribution in [0.25, 0.3) is 11.3 Å². The zero-order valence-corrected chi connectivity index (χ0v) is 15.0.